The molecule has 0 atom stereocenters. The first-order valence-corrected chi connectivity index (χ1v) is 19.6. The van der Waals surface area contributed by atoms with Crippen molar-refractivity contribution < 1.29 is 0 Å². The van der Waals surface area contributed by atoms with Gasteiger partial charge in [-0.05, 0) is 53.6 Å². The number of benzene rings is 8. The number of rotatable bonds is 5. The van der Waals surface area contributed by atoms with E-state index < -0.39 is 0 Å². The molecule has 270 valence electrons. The molecule has 0 N–H and O–H groups in total. The van der Waals surface area contributed by atoms with Crippen LogP contribution in [0.4, 0.5) is 0 Å². The van der Waals surface area contributed by atoms with Gasteiger partial charge in [-0.15, -0.1) is 0 Å². The Morgan fingerprint density at radius 3 is 1.57 bits per heavy atom. The Morgan fingerprint density at radius 2 is 0.828 bits per heavy atom. The summed E-state index contributed by atoms with van der Waals surface area (Å²) in [5, 5.41) is 7.42. The zero-order valence-electron chi connectivity index (χ0n) is 31.3. The number of fused-ring (bicyclic) bond motifs is 12. The normalized spacial score (nSPS) is 11.8. The highest BCUT2D eigenvalue weighted by molar-refractivity contribution is 6.28. The molecule has 0 unspecified atom stereocenters. The molecule has 12 aromatic rings. The van der Waals surface area contributed by atoms with Gasteiger partial charge in [0.1, 0.15) is 0 Å². The van der Waals surface area contributed by atoms with Crippen molar-refractivity contribution >= 4 is 59.9 Å². The van der Waals surface area contributed by atoms with Crippen LogP contribution in [0.3, 0.4) is 0 Å². The van der Waals surface area contributed by atoms with Gasteiger partial charge in [0, 0.05) is 54.7 Å². The minimum absolute atomic E-state index is 0.635. The first-order valence-electron chi connectivity index (χ1n) is 19.6. The van der Waals surface area contributed by atoms with Crippen LogP contribution < -0.4 is 0 Å². The maximum Gasteiger partial charge on any atom is 0.164 e. The van der Waals surface area contributed by atoms with Crippen molar-refractivity contribution in [2.24, 2.45) is 0 Å². The SMILES string of the molecule is c1ccc(-c2nc(-c3ccccc3)nc(-c3cccc(-c4cccc(-n5c6ccccc6c6ccc7c(c8ccccc8n8c9ccccc9cc78)c65)c4)c3)n2)cc1. The Labute approximate surface area is 333 Å². The highest BCUT2D eigenvalue weighted by Gasteiger charge is 2.20. The van der Waals surface area contributed by atoms with E-state index in [-0.39, 0.29) is 0 Å². The summed E-state index contributed by atoms with van der Waals surface area (Å²) in [4.78, 5) is 15.0. The van der Waals surface area contributed by atoms with Crippen molar-refractivity contribution in [3.05, 3.63) is 200 Å². The zero-order chi connectivity index (χ0) is 38.2. The minimum atomic E-state index is 0.635. The Balaban J connectivity index is 1.07. The van der Waals surface area contributed by atoms with E-state index in [1.165, 1.54) is 59.9 Å². The standard InChI is InChI=1S/C53H33N5/c1-3-15-34(16-4-1)51-54-52(35-17-5-2-6-18-35)56-53(55-51)39-22-13-20-36(31-39)37-21-14-23-40(32-37)57-46-27-11-8-24-41(46)42-29-30-44-48-33-38-19-7-10-26-45(38)58(48)47-28-12-9-25-43(47)49(44)50(42)57/h1-33H. The molecule has 0 aliphatic heterocycles. The molecule has 4 heterocycles. The first-order chi connectivity index (χ1) is 28.8. The second kappa shape index (κ2) is 12.8. The lowest BCUT2D eigenvalue weighted by Gasteiger charge is -2.15. The summed E-state index contributed by atoms with van der Waals surface area (Å²) < 4.78 is 4.90. The predicted molar refractivity (Wildman–Crippen MR) is 239 cm³/mol. The smallest absolute Gasteiger partial charge is 0.164 e. The fourth-order valence-electron chi connectivity index (χ4n) is 8.90. The molecule has 12 rings (SSSR count). The summed E-state index contributed by atoms with van der Waals surface area (Å²) in [6.07, 6.45) is 0. The van der Waals surface area contributed by atoms with Gasteiger partial charge in [0.25, 0.3) is 0 Å². The summed E-state index contributed by atoms with van der Waals surface area (Å²) in [6, 6.07) is 71.0. The van der Waals surface area contributed by atoms with E-state index in [0.29, 0.717) is 17.5 Å². The largest absolute Gasteiger partial charge is 0.309 e. The molecule has 5 nitrogen and oxygen atoms in total. The summed E-state index contributed by atoms with van der Waals surface area (Å²) in [7, 11) is 0. The third-order valence-electron chi connectivity index (χ3n) is 11.5. The van der Waals surface area contributed by atoms with Gasteiger partial charge in [0.2, 0.25) is 0 Å². The van der Waals surface area contributed by atoms with Gasteiger partial charge in [-0.1, -0.05) is 158 Å². The fraction of sp³-hybridized carbons (Fsp3) is 0. The van der Waals surface area contributed by atoms with Crippen LogP contribution >= 0.6 is 0 Å². The van der Waals surface area contributed by atoms with Gasteiger partial charge in [0.05, 0.1) is 27.6 Å². The molecular weight excluding hydrogens is 707 g/mol. The fourth-order valence-corrected chi connectivity index (χ4v) is 8.90. The Bertz CT molecular complexity index is 3510. The average Bonchev–Trinajstić information content (AvgIpc) is 3.86. The lowest BCUT2D eigenvalue weighted by atomic mass is 10.0. The molecule has 0 bridgehead atoms. The van der Waals surface area contributed by atoms with Crippen molar-refractivity contribution in [2.45, 2.75) is 0 Å². The topological polar surface area (TPSA) is 48.0 Å². The van der Waals surface area contributed by atoms with Gasteiger partial charge >= 0.3 is 0 Å². The molecule has 0 fully saturated rings. The molecular formula is C53H33N5. The van der Waals surface area contributed by atoms with Crippen molar-refractivity contribution in [1.82, 2.24) is 23.9 Å². The van der Waals surface area contributed by atoms with E-state index in [2.05, 4.69) is 148 Å². The third kappa shape index (κ3) is 5.00. The molecule has 0 saturated heterocycles. The number of hydrogen-bond acceptors (Lipinski definition) is 3. The molecule has 0 aliphatic rings. The number of pyridine rings is 1. The second-order valence-corrected chi connectivity index (χ2v) is 14.8. The number of hydrogen-bond donors (Lipinski definition) is 0. The van der Waals surface area contributed by atoms with Crippen molar-refractivity contribution in [3.8, 4) is 51.0 Å². The zero-order valence-corrected chi connectivity index (χ0v) is 31.3. The monoisotopic (exact) mass is 739 g/mol. The van der Waals surface area contributed by atoms with Crippen molar-refractivity contribution in [3.63, 3.8) is 0 Å². The van der Waals surface area contributed by atoms with Crippen LogP contribution in [0.15, 0.2) is 200 Å². The van der Waals surface area contributed by atoms with E-state index in [1.807, 2.05) is 60.7 Å². The van der Waals surface area contributed by atoms with Gasteiger partial charge in [-0.2, -0.15) is 0 Å². The molecule has 0 radical (unpaired) electrons. The van der Waals surface area contributed by atoms with Crippen LogP contribution in [-0.2, 0) is 0 Å². The summed E-state index contributed by atoms with van der Waals surface area (Å²) in [5.41, 5.74) is 12.1. The Hall–Kier alpha value is -7.89. The summed E-state index contributed by atoms with van der Waals surface area (Å²) in [5.74, 6) is 1.93. The third-order valence-corrected chi connectivity index (χ3v) is 11.5. The highest BCUT2D eigenvalue weighted by atomic mass is 15.0. The molecule has 4 aromatic heterocycles. The Kier molecular flexibility index (Phi) is 7.16. The van der Waals surface area contributed by atoms with Crippen LogP contribution in [0.2, 0.25) is 0 Å². The summed E-state index contributed by atoms with van der Waals surface area (Å²) in [6.45, 7) is 0. The Morgan fingerprint density at radius 1 is 0.310 bits per heavy atom. The average molecular weight is 740 g/mol. The number of para-hydroxylation sites is 3. The predicted octanol–water partition coefficient (Wildman–Crippen LogP) is 13.3. The summed E-state index contributed by atoms with van der Waals surface area (Å²) >= 11 is 0. The van der Waals surface area contributed by atoms with Crippen molar-refractivity contribution in [2.75, 3.05) is 0 Å². The quantitative estimate of drug-likeness (QED) is 0.165. The van der Waals surface area contributed by atoms with Crippen LogP contribution in [0.25, 0.3) is 111 Å². The number of nitrogens with zero attached hydrogens (tertiary/aromatic N) is 5. The second-order valence-electron chi connectivity index (χ2n) is 14.8. The van der Waals surface area contributed by atoms with Gasteiger partial charge < -0.3 is 8.97 Å². The number of aromatic nitrogens is 5. The van der Waals surface area contributed by atoms with E-state index in [9.17, 15) is 0 Å². The van der Waals surface area contributed by atoms with Crippen LogP contribution in [0.5, 0.6) is 0 Å². The molecule has 5 heteroatoms. The van der Waals surface area contributed by atoms with Crippen LogP contribution in [-0.4, -0.2) is 23.9 Å². The molecule has 0 saturated carbocycles. The maximum absolute atomic E-state index is 5.02. The first kappa shape index (κ1) is 32.4. The van der Waals surface area contributed by atoms with E-state index in [1.54, 1.807) is 0 Å². The van der Waals surface area contributed by atoms with Crippen LogP contribution in [0.1, 0.15) is 0 Å². The molecule has 58 heavy (non-hydrogen) atoms. The molecule has 8 aromatic carbocycles. The highest BCUT2D eigenvalue weighted by Crippen LogP contribution is 2.43. The molecule has 0 amide bonds. The minimum Gasteiger partial charge on any atom is -0.309 e. The lowest BCUT2D eigenvalue weighted by molar-refractivity contribution is 1.07. The maximum atomic E-state index is 5.02. The van der Waals surface area contributed by atoms with Gasteiger partial charge in [0.15, 0.2) is 17.5 Å². The molecule has 0 spiro atoms. The van der Waals surface area contributed by atoms with Crippen molar-refractivity contribution in [1.29, 1.82) is 0 Å². The van der Waals surface area contributed by atoms with E-state index >= 15 is 0 Å². The van der Waals surface area contributed by atoms with Gasteiger partial charge in [-0.25, -0.2) is 15.0 Å². The van der Waals surface area contributed by atoms with E-state index in [4.69, 9.17) is 15.0 Å². The lowest BCUT2D eigenvalue weighted by Crippen LogP contribution is -2.00. The van der Waals surface area contributed by atoms with E-state index in [0.717, 1.165) is 33.5 Å². The van der Waals surface area contributed by atoms with Crippen LogP contribution in [0, 0.1) is 0 Å². The van der Waals surface area contributed by atoms with Gasteiger partial charge in [-0.3, -0.25) is 0 Å². The molecule has 0 aliphatic carbocycles.